The fourth-order valence-corrected chi connectivity index (χ4v) is 1.55. The molecule has 6 nitrogen and oxygen atoms in total. The third kappa shape index (κ3) is 4.67. The van der Waals surface area contributed by atoms with E-state index in [0.29, 0.717) is 5.56 Å². The van der Waals surface area contributed by atoms with Gasteiger partial charge in [-0.2, -0.15) is 0 Å². The molecule has 104 valence electrons. The Labute approximate surface area is 112 Å². The largest absolute Gasteiger partial charge is 0.352 e. The number of nitrogens with one attached hydrogen (secondary N) is 1. The number of nitrogens with zero attached hydrogens (tertiary/aromatic N) is 1. The molecule has 1 atom stereocenters. The van der Waals surface area contributed by atoms with Gasteiger partial charge in [-0.3, -0.25) is 14.9 Å². The summed E-state index contributed by atoms with van der Waals surface area (Å²) in [6.45, 7) is 4.03. The van der Waals surface area contributed by atoms with E-state index in [1.54, 1.807) is 18.2 Å². The van der Waals surface area contributed by atoms with E-state index in [0.717, 1.165) is 0 Å². The minimum atomic E-state index is -0.457. The molecular formula is C13H19N3O3. The van der Waals surface area contributed by atoms with Crippen LogP contribution in [0.1, 0.15) is 25.8 Å². The summed E-state index contributed by atoms with van der Waals surface area (Å²) in [6.07, 6.45) is 0.221. The Morgan fingerprint density at radius 2 is 2.05 bits per heavy atom. The van der Waals surface area contributed by atoms with Crippen LogP contribution in [0.3, 0.4) is 0 Å². The molecule has 1 aromatic rings. The van der Waals surface area contributed by atoms with Crippen LogP contribution >= 0.6 is 0 Å². The maximum absolute atomic E-state index is 11.7. The maximum Gasteiger partial charge on any atom is 0.274 e. The zero-order valence-electron chi connectivity index (χ0n) is 11.1. The van der Waals surface area contributed by atoms with Gasteiger partial charge < -0.3 is 11.1 Å². The Bertz CT molecular complexity index is 460. The van der Waals surface area contributed by atoms with Gasteiger partial charge in [-0.15, -0.1) is 0 Å². The molecule has 0 saturated heterocycles. The van der Waals surface area contributed by atoms with Crippen LogP contribution in [0.25, 0.3) is 0 Å². The first kappa shape index (κ1) is 15.1. The van der Waals surface area contributed by atoms with E-state index < -0.39 is 4.92 Å². The van der Waals surface area contributed by atoms with Gasteiger partial charge in [0.25, 0.3) is 5.69 Å². The number of hydrogen-bond acceptors (Lipinski definition) is 4. The summed E-state index contributed by atoms with van der Waals surface area (Å²) >= 11 is 0. The minimum absolute atomic E-state index is 0.0101. The Balaban J connectivity index is 2.58. The quantitative estimate of drug-likeness (QED) is 0.602. The van der Waals surface area contributed by atoms with Crippen molar-refractivity contribution in [3.63, 3.8) is 0 Å². The van der Waals surface area contributed by atoms with Crippen molar-refractivity contribution in [2.45, 2.75) is 32.9 Å². The second-order valence-corrected chi connectivity index (χ2v) is 4.77. The van der Waals surface area contributed by atoms with Crippen molar-refractivity contribution >= 4 is 11.6 Å². The van der Waals surface area contributed by atoms with Crippen molar-refractivity contribution in [3.8, 4) is 0 Å². The summed E-state index contributed by atoms with van der Waals surface area (Å²) in [6, 6.07) is 6.14. The van der Waals surface area contributed by atoms with Crippen LogP contribution in [0.5, 0.6) is 0 Å². The molecule has 0 radical (unpaired) electrons. The van der Waals surface area contributed by atoms with Crippen LogP contribution in [-0.4, -0.2) is 16.9 Å². The van der Waals surface area contributed by atoms with Gasteiger partial charge in [0.1, 0.15) is 0 Å². The van der Waals surface area contributed by atoms with Gasteiger partial charge in [0.15, 0.2) is 0 Å². The smallest absolute Gasteiger partial charge is 0.274 e. The molecule has 6 heteroatoms. The first-order valence-corrected chi connectivity index (χ1v) is 6.16. The Morgan fingerprint density at radius 3 is 2.63 bits per heavy atom. The number of para-hydroxylation sites is 1. The molecule has 0 spiro atoms. The fourth-order valence-electron chi connectivity index (χ4n) is 1.55. The molecule has 1 aromatic carbocycles. The molecule has 0 aliphatic heterocycles. The number of carbonyl (C=O) groups excluding carboxylic acids is 1. The van der Waals surface area contributed by atoms with Crippen molar-refractivity contribution in [2.75, 3.05) is 0 Å². The van der Waals surface area contributed by atoms with E-state index in [4.69, 9.17) is 5.73 Å². The van der Waals surface area contributed by atoms with E-state index in [2.05, 4.69) is 5.32 Å². The van der Waals surface area contributed by atoms with E-state index in [-0.39, 0.29) is 36.5 Å². The lowest BCUT2D eigenvalue weighted by molar-refractivity contribution is -0.385. The third-order valence-electron chi connectivity index (χ3n) is 2.94. The van der Waals surface area contributed by atoms with Crippen LogP contribution < -0.4 is 11.1 Å². The van der Waals surface area contributed by atoms with Crippen molar-refractivity contribution < 1.29 is 9.72 Å². The molecule has 1 unspecified atom stereocenters. The number of nitro benzene ring substituents is 1. The maximum atomic E-state index is 11.7. The highest BCUT2D eigenvalue weighted by Crippen LogP contribution is 2.17. The molecule has 1 rings (SSSR count). The van der Waals surface area contributed by atoms with E-state index in [1.807, 2.05) is 13.8 Å². The van der Waals surface area contributed by atoms with Crippen molar-refractivity contribution in [1.29, 1.82) is 0 Å². The number of carbonyl (C=O) groups is 1. The average molecular weight is 265 g/mol. The molecule has 0 fully saturated rings. The fraction of sp³-hybridized carbons (Fsp3) is 0.462. The van der Waals surface area contributed by atoms with Gasteiger partial charge >= 0.3 is 0 Å². The van der Waals surface area contributed by atoms with Crippen LogP contribution in [0, 0.1) is 16.0 Å². The zero-order valence-corrected chi connectivity index (χ0v) is 11.1. The predicted molar refractivity (Wildman–Crippen MR) is 72.4 cm³/mol. The van der Waals surface area contributed by atoms with Crippen LogP contribution in [0.2, 0.25) is 0 Å². The average Bonchev–Trinajstić information content (AvgIpc) is 2.36. The normalized spacial score (nSPS) is 12.2. The number of nitro groups is 1. The van der Waals surface area contributed by atoms with Crippen LogP contribution in [0.15, 0.2) is 24.3 Å². The highest BCUT2D eigenvalue weighted by Gasteiger charge is 2.15. The lowest BCUT2D eigenvalue weighted by Gasteiger charge is -2.15. The van der Waals surface area contributed by atoms with Gasteiger partial charge in [-0.25, -0.2) is 0 Å². The third-order valence-corrected chi connectivity index (χ3v) is 2.94. The van der Waals surface area contributed by atoms with Crippen molar-refractivity contribution in [2.24, 2.45) is 11.7 Å². The number of rotatable bonds is 6. The van der Waals surface area contributed by atoms with E-state index in [1.165, 1.54) is 6.07 Å². The molecule has 1 amide bonds. The molecule has 0 heterocycles. The van der Waals surface area contributed by atoms with Gasteiger partial charge in [0.2, 0.25) is 5.91 Å². The lowest BCUT2D eigenvalue weighted by Crippen LogP contribution is -2.34. The van der Waals surface area contributed by atoms with E-state index in [9.17, 15) is 14.9 Å². The summed E-state index contributed by atoms with van der Waals surface area (Å²) in [7, 11) is 0. The topological polar surface area (TPSA) is 98.3 Å². The highest BCUT2D eigenvalue weighted by atomic mass is 16.6. The molecule has 0 bridgehead atoms. The number of nitrogens with two attached hydrogens (primary N) is 1. The number of amides is 1. The summed E-state index contributed by atoms with van der Waals surface area (Å²) in [5, 5.41) is 13.5. The van der Waals surface area contributed by atoms with Crippen LogP contribution in [0.4, 0.5) is 5.69 Å². The molecule has 19 heavy (non-hydrogen) atoms. The predicted octanol–water partition coefficient (Wildman–Crippen LogP) is 1.58. The van der Waals surface area contributed by atoms with Crippen molar-refractivity contribution in [1.82, 2.24) is 5.32 Å². The van der Waals surface area contributed by atoms with Gasteiger partial charge in [0, 0.05) is 30.6 Å². The standard InChI is InChI=1S/C13H19N3O3/c1-9(2)11(14)7-13(17)15-8-10-5-3-4-6-12(10)16(18)19/h3-6,9,11H,7-8,14H2,1-2H3,(H,15,17). The lowest BCUT2D eigenvalue weighted by atomic mass is 10.0. The Morgan fingerprint density at radius 1 is 1.42 bits per heavy atom. The SMILES string of the molecule is CC(C)C(N)CC(=O)NCc1ccccc1[N+](=O)[O-]. The molecule has 3 N–H and O–H groups in total. The second-order valence-electron chi connectivity index (χ2n) is 4.77. The Hall–Kier alpha value is -1.95. The monoisotopic (exact) mass is 265 g/mol. The molecule has 0 aliphatic carbocycles. The zero-order chi connectivity index (χ0) is 14.4. The summed E-state index contributed by atoms with van der Waals surface area (Å²) in [5.41, 5.74) is 6.29. The second kappa shape index (κ2) is 6.84. The minimum Gasteiger partial charge on any atom is -0.352 e. The number of benzene rings is 1. The van der Waals surface area contributed by atoms with Gasteiger partial charge in [0.05, 0.1) is 4.92 Å². The molecule has 0 aromatic heterocycles. The Kier molecular flexibility index (Phi) is 5.44. The van der Waals surface area contributed by atoms with Crippen LogP contribution in [-0.2, 0) is 11.3 Å². The molecular weight excluding hydrogens is 246 g/mol. The first-order chi connectivity index (χ1) is 8.91. The summed E-state index contributed by atoms with van der Waals surface area (Å²) in [5.74, 6) is 0.0242. The van der Waals surface area contributed by atoms with Gasteiger partial charge in [-0.05, 0) is 5.92 Å². The summed E-state index contributed by atoms with van der Waals surface area (Å²) in [4.78, 5) is 22.0. The van der Waals surface area contributed by atoms with Gasteiger partial charge in [-0.1, -0.05) is 32.0 Å². The highest BCUT2D eigenvalue weighted by molar-refractivity contribution is 5.76. The number of hydrogen-bond donors (Lipinski definition) is 2. The molecule has 0 aliphatic rings. The molecule has 0 saturated carbocycles. The van der Waals surface area contributed by atoms with E-state index >= 15 is 0 Å². The van der Waals surface area contributed by atoms with Crippen molar-refractivity contribution in [3.05, 3.63) is 39.9 Å². The first-order valence-electron chi connectivity index (χ1n) is 6.16. The summed E-state index contributed by atoms with van der Waals surface area (Å²) < 4.78 is 0.